The molecule has 0 aliphatic rings. The molecule has 0 spiro atoms. The molecule has 0 fully saturated rings. The summed E-state index contributed by atoms with van der Waals surface area (Å²) in [6, 6.07) is 0.231. The molecule has 0 aliphatic heterocycles. The van der Waals surface area contributed by atoms with Gasteiger partial charge in [0.15, 0.2) is 5.96 Å². The van der Waals surface area contributed by atoms with Gasteiger partial charge in [0.1, 0.15) is 0 Å². The minimum absolute atomic E-state index is 0.177. The van der Waals surface area contributed by atoms with E-state index in [1.165, 1.54) is 0 Å². The highest BCUT2D eigenvalue weighted by Crippen LogP contribution is 2.03. The minimum Gasteiger partial charge on any atom is -0.370 e. The molecule has 9 heavy (non-hydrogen) atoms. The number of nitrogens with zero attached hydrogens (tertiary/aromatic N) is 1. The summed E-state index contributed by atoms with van der Waals surface area (Å²) < 4.78 is 0. The van der Waals surface area contributed by atoms with E-state index in [4.69, 9.17) is 11.5 Å². The van der Waals surface area contributed by atoms with Crippen molar-refractivity contribution in [3.05, 3.63) is 0 Å². The van der Waals surface area contributed by atoms with E-state index in [2.05, 4.69) is 18.8 Å². The summed E-state index contributed by atoms with van der Waals surface area (Å²) in [4.78, 5) is 3.95. The first-order valence-electron chi connectivity index (χ1n) is 3.12. The third-order valence-corrected chi connectivity index (χ3v) is 1.32. The van der Waals surface area contributed by atoms with Crippen LogP contribution in [0.25, 0.3) is 0 Å². The number of rotatable bonds is 2. The van der Waals surface area contributed by atoms with Crippen LogP contribution in [0.1, 0.15) is 20.8 Å². The van der Waals surface area contributed by atoms with Gasteiger partial charge >= 0.3 is 0 Å². The van der Waals surface area contributed by atoms with Crippen molar-refractivity contribution in [2.75, 3.05) is 0 Å². The molecule has 0 heterocycles. The van der Waals surface area contributed by atoms with E-state index in [1.54, 1.807) is 0 Å². The standard InChI is InChI=1S/C6H15N3/c1-4(2)5(3)9-6(7)8/h4-5H,1-3H3,(H4,7,8,9)/t5-/m0/s1. The van der Waals surface area contributed by atoms with E-state index in [0.717, 1.165) is 0 Å². The van der Waals surface area contributed by atoms with Crippen molar-refractivity contribution in [1.29, 1.82) is 0 Å². The normalized spacial score (nSPS) is 13.3. The second-order valence-corrected chi connectivity index (χ2v) is 2.54. The minimum atomic E-state index is 0.177. The van der Waals surface area contributed by atoms with Crippen molar-refractivity contribution in [1.82, 2.24) is 0 Å². The van der Waals surface area contributed by atoms with Gasteiger partial charge in [0.2, 0.25) is 0 Å². The second-order valence-electron chi connectivity index (χ2n) is 2.54. The fourth-order valence-electron chi connectivity index (χ4n) is 0.384. The van der Waals surface area contributed by atoms with Crippen molar-refractivity contribution >= 4 is 5.96 Å². The highest BCUT2D eigenvalue weighted by molar-refractivity contribution is 5.75. The largest absolute Gasteiger partial charge is 0.370 e. The molecule has 54 valence electrons. The summed E-state index contributed by atoms with van der Waals surface area (Å²) in [7, 11) is 0. The molecule has 0 amide bonds. The summed E-state index contributed by atoms with van der Waals surface area (Å²) >= 11 is 0. The van der Waals surface area contributed by atoms with Crippen LogP contribution < -0.4 is 11.5 Å². The Balaban J connectivity index is 3.76. The number of aliphatic imine (C=N–C) groups is 1. The Hall–Kier alpha value is -0.730. The summed E-state index contributed by atoms with van der Waals surface area (Å²) in [6.07, 6.45) is 0. The van der Waals surface area contributed by atoms with Gasteiger partial charge in [-0.2, -0.15) is 0 Å². The average molecular weight is 129 g/mol. The van der Waals surface area contributed by atoms with Gasteiger partial charge in [-0.05, 0) is 12.8 Å². The molecule has 0 unspecified atom stereocenters. The first kappa shape index (κ1) is 8.27. The second kappa shape index (κ2) is 3.33. The number of hydrogen-bond acceptors (Lipinski definition) is 1. The van der Waals surface area contributed by atoms with E-state index in [1.807, 2.05) is 6.92 Å². The molecular weight excluding hydrogens is 114 g/mol. The van der Waals surface area contributed by atoms with Crippen LogP contribution in [0.15, 0.2) is 4.99 Å². The molecule has 0 bridgehead atoms. The zero-order chi connectivity index (χ0) is 7.44. The average Bonchev–Trinajstić information content (AvgIpc) is 1.63. The molecule has 0 aromatic rings. The van der Waals surface area contributed by atoms with Crippen LogP contribution in [0.4, 0.5) is 0 Å². The topological polar surface area (TPSA) is 64.4 Å². The maximum absolute atomic E-state index is 5.16. The van der Waals surface area contributed by atoms with Crippen LogP contribution in [-0.4, -0.2) is 12.0 Å². The molecule has 4 N–H and O–H groups in total. The van der Waals surface area contributed by atoms with E-state index in [-0.39, 0.29) is 12.0 Å². The van der Waals surface area contributed by atoms with Crippen LogP contribution in [-0.2, 0) is 0 Å². The molecule has 0 aliphatic carbocycles. The molecule has 0 saturated carbocycles. The molecule has 0 radical (unpaired) electrons. The molecular formula is C6H15N3. The van der Waals surface area contributed by atoms with Gasteiger partial charge in [-0.3, -0.25) is 4.99 Å². The predicted octanol–water partition coefficient (Wildman–Crippen LogP) is 0.304. The van der Waals surface area contributed by atoms with Crippen LogP contribution in [0, 0.1) is 5.92 Å². The Kier molecular flexibility index (Phi) is 3.06. The van der Waals surface area contributed by atoms with E-state index in [0.29, 0.717) is 5.92 Å². The van der Waals surface area contributed by atoms with Crippen molar-refractivity contribution in [3.8, 4) is 0 Å². The van der Waals surface area contributed by atoms with Gasteiger partial charge in [0.25, 0.3) is 0 Å². The van der Waals surface area contributed by atoms with Gasteiger partial charge < -0.3 is 11.5 Å². The molecule has 3 nitrogen and oxygen atoms in total. The van der Waals surface area contributed by atoms with E-state index in [9.17, 15) is 0 Å². The Bertz CT molecular complexity index is 103. The molecule has 1 atom stereocenters. The third-order valence-electron chi connectivity index (χ3n) is 1.32. The van der Waals surface area contributed by atoms with Gasteiger partial charge in [-0.15, -0.1) is 0 Å². The lowest BCUT2D eigenvalue weighted by atomic mass is 10.1. The lowest BCUT2D eigenvalue weighted by Gasteiger charge is -2.09. The maximum atomic E-state index is 5.16. The number of guanidine groups is 1. The van der Waals surface area contributed by atoms with Crippen LogP contribution in [0.2, 0.25) is 0 Å². The van der Waals surface area contributed by atoms with Crippen molar-refractivity contribution in [3.63, 3.8) is 0 Å². The fraction of sp³-hybridized carbons (Fsp3) is 0.833. The SMILES string of the molecule is CC(C)[C@H](C)N=C(N)N. The number of hydrogen-bond donors (Lipinski definition) is 2. The molecule has 0 aromatic heterocycles. The first-order chi connectivity index (χ1) is 4.04. The summed E-state index contributed by atoms with van der Waals surface area (Å²) in [6.45, 7) is 6.15. The Morgan fingerprint density at radius 3 is 1.78 bits per heavy atom. The highest BCUT2D eigenvalue weighted by atomic mass is 15.0. The first-order valence-corrected chi connectivity index (χ1v) is 3.12. The van der Waals surface area contributed by atoms with Gasteiger partial charge in [0.05, 0.1) is 6.04 Å². The van der Waals surface area contributed by atoms with Gasteiger partial charge in [-0.25, -0.2) is 0 Å². The molecule has 0 saturated heterocycles. The molecule has 0 rings (SSSR count). The predicted molar refractivity (Wildman–Crippen MR) is 40.1 cm³/mol. The van der Waals surface area contributed by atoms with Gasteiger partial charge in [0, 0.05) is 0 Å². The Morgan fingerprint density at radius 1 is 1.22 bits per heavy atom. The summed E-state index contributed by atoms with van der Waals surface area (Å²) in [5.41, 5.74) is 10.3. The van der Waals surface area contributed by atoms with E-state index < -0.39 is 0 Å². The van der Waals surface area contributed by atoms with Crippen molar-refractivity contribution < 1.29 is 0 Å². The molecule has 3 heteroatoms. The number of nitrogens with two attached hydrogens (primary N) is 2. The van der Waals surface area contributed by atoms with Crippen molar-refractivity contribution in [2.45, 2.75) is 26.8 Å². The zero-order valence-electron chi connectivity index (χ0n) is 6.26. The third kappa shape index (κ3) is 3.82. The lowest BCUT2D eigenvalue weighted by molar-refractivity contribution is 0.530. The Morgan fingerprint density at radius 2 is 1.67 bits per heavy atom. The maximum Gasteiger partial charge on any atom is 0.186 e. The van der Waals surface area contributed by atoms with Crippen LogP contribution in [0.3, 0.4) is 0 Å². The van der Waals surface area contributed by atoms with Gasteiger partial charge in [-0.1, -0.05) is 13.8 Å². The smallest absolute Gasteiger partial charge is 0.186 e. The summed E-state index contributed by atoms with van der Waals surface area (Å²) in [5.74, 6) is 0.684. The lowest BCUT2D eigenvalue weighted by Crippen LogP contribution is -2.26. The van der Waals surface area contributed by atoms with E-state index >= 15 is 0 Å². The molecule has 0 aromatic carbocycles. The van der Waals surface area contributed by atoms with Crippen LogP contribution >= 0.6 is 0 Å². The van der Waals surface area contributed by atoms with Crippen molar-refractivity contribution in [2.24, 2.45) is 22.4 Å². The zero-order valence-corrected chi connectivity index (χ0v) is 6.26. The monoisotopic (exact) mass is 129 g/mol. The Labute approximate surface area is 56.1 Å². The van der Waals surface area contributed by atoms with Crippen LogP contribution in [0.5, 0.6) is 0 Å². The fourth-order valence-corrected chi connectivity index (χ4v) is 0.384. The summed E-state index contributed by atoms with van der Waals surface area (Å²) in [5, 5.41) is 0. The quantitative estimate of drug-likeness (QED) is 0.416. The highest BCUT2D eigenvalue weighted by Gasteiger charge is 2.03.